The lowest BCUT2D eigenvalue weighted by Gasteiger charge is -2.28. The van der Waals surface area contributed by atoms with Crippen LogP contribution in [0.1, 0.15) is 34.1 Å². The first-order valence-corrected chi connectivity index (χ1v) is 9.93. The molecule has 0 amide bonds. The third kappa shape index (κ3) is 8.64. The smallest absolute Gasteiger partial charge is 0.480 e. The minimum Gasteiger partial charge on any atom is -0.480 e. The maximum absolute atomic E-state index is 10.7. The van der Waals surface area contributed by atoms with Crippen LogP contribution in [0.3, 0.4) is 0 Å². The topological polar surface area (TPSA) is 89.1 Å². The predicted octanol–water partition coefficient (Wildman–Crippen LogP) is 1.36. The molecule has 0 aromatic rings. The van der Waals surface area contributed by atoms with E-state index in [4.69, 9.17) is 30.6 Å². The number of carboxylic acid groups (broad SMARTS) is 1. The van der Waals surface area contributed by atoms with E-state index in [1.165, 1.54) is 6.92 Å². The molecule has 0 heterocycles. The summed E-state index contributed by atoms with van der Waals surface area (Å²) in [5, 5.41) is 14.8. The molecule has 0 saturated heterocycles. The van der Waals surface area contributed by atoms with Crippen LogP contribution in [0.5, 0.6) is 0 Å². The van der Waals surface area contributed by atoms with Crippen LogP contribution in [0.15, 0.2) is 0 Å². The first kappa shape index (κ1) is 21.3. The van der Waals surface area contributed by atoms with Gasteiger partial charge in [0.25, 0.3) is 0 Å². The third-order valence-corrected chi connectivity index (χ3v) is 6.17. The Bertz CT molecular complexity index is 329. The van der Waals surface area contributed by atoms with Crippen molar-refractivity contribution in [1.29, 1.82) is 0 Å². The standard InChI is InChI=1S/C13H28N2O5SSi/c1-5-18-22(19-6-2,20-7-3)10-8-9-14-13(21)15-11(4)12(16)17/h11H,5-10H2,1-4H3,(H,16,17)(H2,14,15,21). The summed E-state index contributed by atoms with van der Waals surface area (Å²) in [4.78, 5) is 10.7. The summed E-state index contributed by atoms with van der Waals surface area (Å²) >= 11 is 5.04. The van der Waals surface area contributed by atoms with Crippen molar-refractivity contribution >= 4 is 32.1 Å². The minimum atomic E-state index is -2.62. The van der Waals surface area contributed by atoms with E-state index in [9.17, 15) is 4.79 Å². The Labute approximate surface area is 139 Å². The molecule has 22 heavy (non-hydrogen) atoms. The molecule has 0 aliphatic heterocycles. The van der Waals surface area contributed by atoms with Crippen LogP contribution >= 0.6 is 12.2 Å². The molecule has 0 spiro atoms. The second-order valence-electron chi connectivity index (χ2n) is 4.55. The quantitative estimate of drug-likeness (QED) is 0.276. The average molecular weight is 353 g/mol. The van der Waals surface area contributed by atoms with Crippen LogP contribution in [0, 0.1) is 0 Å². The van der Waals surface area contributed by atoms with Gasteiger partial charge >= 0.3 is 14.8 Å². The van der Waals surface area contributed by atoms with Gasteiger partial charge in [-0.2, -0.15) is 0 Å². The summed E-state index contributed by atoms with van der Waals surface area (Å²) in [7, 11) is -2.62. The van der Waals surface area contributed by atoms with Crippen molar-refractivity contribution in [2.45, 2.75) is 46.2 Å². The van der Waals surface area contributed by atoms with E-state index in [0.29, 0.717) is 37.5 Å². The van der Waals surface area contributed by atoms with Crippen LogP contribution in [0.2, 0.25) is 6.04 Å². The summed E-state index contributed by atoms with van der Waals surface area (Å²) in [5.41, 5.74) is 0. The lowest BCUT2D eigenvalue weighted by atomic mass is 10.3. The van der Waals surface area contributed by atoms with Gasteiger partial charge in [-0.15, -0.1) is 0 Å². The summed E-state index contributed by atoms with van der Waals surface area (Å²) in [6.07, 6.45) is 0.759. The lowest BCUT2D eigenvalue weighted by Crippen LogP contribution is -2.47. The molecule has 7 nitrogen and oxygen atoms in total. The Hall–Kier alpha value is -0.743. The van der Waals surface area contributed by atoms with E-state index >= 15 is 0 Å². The van der Waals surface area contributed by atoms with Crippen molar-refractivity contribution in [1.82, 2.24) is 10.6 Å². The summed E-state index contributed by atoms with van der Waals surface area (Å²) < 4.78 is 17.3. The summed E-state index contributed by atoms with van der Waals surface area (Å²) in [5.74, 6) is -0.945. The Morgan fingerprint density at radius 3 is 2.09 bits per heavy atom. The predicted molar refractivity (Wildman–Crippen MR) is 90.9 cm³/mol. The zero-order valence-corrected chi connectivity index (χ0v) is 15.6. The van der Waals surface area contributed by atoms with Crippen LogP contribution in [-0.4, -0.2) is 57.4 Å². The number of thiocarbonyl (C=S) groups is 1. The number of nitrogens with one attached hydrogen (secondary N) is 2. The fourth-order valence-electron chi connectivity index (χ4n) is 1.82. The largest absolute Gasteiger partial charge is 0.500 e. The Morgan fingerprint density at radius 2 is 1.68 bits per heavy atom. The molecular formula is C13H28N2O5SSi. The van der Waals surface area contributed by atoms with Crippen molar-refractivity contribution in [3.63, 3.8) is 0 Å². The molecule has 9 heteroatoms. The van der Waals surface area contributed by atoms with Crippen LogP contribution in [0.25, 0.3) is 0 Å². The molecule has 1 atom stereocenters. The van der Waals surface area contributed by atoms with Crippen molar-refractivity contribution in [3.05, 3.63) is 0 Å². The van der Waals surface area contributed by atoms with Gasteiger partial charge in [-0.25, -0.2) is 0 Å². The van der Waals surface area contributed by atoms with Crippen molar-refractivity contribution in [2.75, 3.05) is 26.4 Å². The number of aliphatic carboxylic acids is 1. The Balaban J connectivity index is 4.21. The van der Waals surface area contributed by atoms with E-state index in [1.54, 1.807) is 0 Å². The molecule has 0 radical (unpaired) electrons. The second-order valence-corrected chi connectivity index (χ2v) is 7.69. The SMILES string of the molecule is CCO[Si](CCCNC(=S)NC(C)C(=O)O)(OCC)OCC. The van der Waals surface area contributed by atoms with Gasteiger partial charge in [0.1, 0.15) is 6.04 Å². The third-order valence-electron chi connectivity index (χ3n) is 2.76. The molecule has 0 aromatic carbocycles. The van der Waals surface area contributed by atoms with E-state index in [-0.39, 0.29) is 0 Å². The van der Waals surface area contributed by atoms with Crippen LogP contribution in [0.4, 0.5) is 0 Å². The van der Waals surface area contributed by atoms with Gasteiger partial charge in [-0.3, -0.25) is 4.79 Å². The van der Waals surface area contributed by atoms with Gasteiger partial charge in [0.2, 0.25) is 0 Å². The van der Waals surface area contributed by atoms with Gasteiger partial charge < -0.3 is 29.0 Å². The molecule has 130 valence electrons. The highest BCUT2D eigenvalue weighted by Gasteiger charge is 2.39. The van der Waals surface area contributed by atoms with Crippen molar-refractivity contribution in [3.8, 4) is 0 Å². The van der Waals surface area contributed by atoms with Gasteiger partial charge in [0.05, 0.1) is 0 Å². The fraction of sp³-hybridized carbons (Fsp3) is 0.846. The molecule has 0 aromatic heterocycles. The molecule has 0 bridgehead atoms. The highest BCUT2D eigenvalue weighted by atomic mass is 32.1. The van der Waals surface area contributed by atoms with E-state index in [0.717, 1.165) is 6.42 Å². The highest BCUT2D eigenvalue weighted by Crippen LogP contribution is 2.17. The first-order chi connectivity index (χ1) is 10.4. The second kappa shape index (κ2) is 11.8. The summed E-state index contributed by atoms with van der Waals surface area (Å²) in [6, 6.07) is -0.0316. The van der Waals surface area contributed by atoms with Crippen LogP contribution < -0.4 is 10.6 Å². The Morgan fingerprint density at radius 1 is 1.18 bits per heavy atom. The zero-order valence-electron chi connectivity index (χ0n) is 13.8. The number of hydrogen-bond acceptors (Lipinski definition) is 5. The highest BCUT2D eigenvalue weighted by molar-refractivity contribution is 7.80. The fourth-order valence-corrected chi connectivity index (χ4v) is 4.71. The maximum atomic E-state index is 10.7. The van der Waals surface area contributed by atoms with E-state index in [1.807, 2.05) is 20.8 Å². The van der Waals surface area contributed by atoms with E-state index in [2.05, 4.69) is 10.6 Å². The summed E-state index contributed by atoms with van der Waals surface area (Å²) in [6.45, 7) is 9.55. The lowest BCUT2D eigenvalue weighted by molar-refractivity contribution is -0.138. The van der Waals surface area contributed by atoms with Crippen molar-refractivity contribution < 1.29 is 23.2 Å². The molecule has 0 fully saturated rings. The minimum absolute atomic E-state index is 0.325. The molecule has 0 aliphatic rings. The molecule has 0 aliphatic carbocycles. The number of rotatable bonds is 12. The number of carboxylic acids is 1. The van der Waals surface area contributed by atoms with Crippen molar-refractivity contribution in [2.24, 2.45) is 0 Å². The first-order valence-electron chi connectivity index (χ1n) is 7.59. The normalized spacial score (nSPS) is 12.7. The molecule has 1 unspecified atom stereocenters. The molecule has 3 N–H and O–H groups in total. The van der Waals surface area contributed by atoms with Gasteiger partial charge in [-0.1, -0.05) is 0 Å². The Kier molecular flexibility index (Phi) is 11.4. The molecule has 0 rings (SSSR count). The zero-order chi connectivity index (χ0) is 17.0. The molecular weight excluding hydrogens is 324 g/mol. The number of hydrogen-bond donors (Lipinski definition) is 3. The molecule has 0 saturated carbocycles. The average Bonchev–Trinajstić information content (AvgIpc) is 2.44. The van der Waals surface area contributed by atoms with Gasteiger partial charge in [0, 0.05) is 32.4 Å². The van der Waals surface area contributed by atoms with Gasteiger partial charge in [-0.05, 0) is 46.3 Å². The van der Waals surface area contributed by atoms with E-state index < -0.39 is 20.8 Å². The maximum Gasteiger partial charge on any atom is 0.500 e. The van der Waals surface area contributed by atoms with Crippen LogP contribution in [-0.2, 0) is 18.1 Å². The van der Waals surface area contributed by atoms with Gasteiger partial charge in [0.15, 0.2) is 5.11 Å². The number of carbonyl (C=O) groups is 1. The monoisotopic (exact) mass is 352 g/mol.